The van der Waals surface area contributed by atoms with Crippen molar-refractivity contribution >= 4 is 5.97 Å². The van der Waals surface area contributed by atoms with E-state index in [2.05, 4.69) is 0 Å². The van der Waals surface area contributed by atoms with Crippen LogP contribution >= 0.6 is 0 Å². The van der Waals surface area contributed by atoms with Gasteiger partial charge in [0.05, 0.1) is 11.0 Å². The number of hydrogen-bond acceptors (Lipinski definition) is 3. The molecule has 4 aliphatic rings. The standard InChI is InChI=1S/C16H26O3/c1-4-14(2,3)13(17)19-16-8-11-5-12(9-16)7-15(18,6-11)10-16/h11-12,18H,4-10H2,1-3H3. The fourth-order valence-electron chi connectivity index (χ4n) is 4.73. The summed E-state index contributed by atoms with van der Waals surface area (Å²) in [6, 6.07) is 0. The minimum atomic E-state index is -0.555. The molecule has 0 aromatic rings. The van der Waals surface area contributed by atoms with Gasteiger partial charge < -0.3 is 9.84 Å². The van der Waals surface area contributed by atoms with Crippen molar-refractivity contribution < 1.29 is 14.6 Å². The molecule has 4 saturated carbocycles. The summed E-state index contributed by atoms with van der Waals surface area (Å²) in [4.78, 5) is 12.4. The number of aliphatic hydroxyl groups is 1. The third-order valence-electron chi connectivity index (χ3n) is 5.72. The molecule has 0 amide bonds. The average molecular weight is 266 g/mol. The molecular formula is C16H26O3. The maximum atomic E-state index is 12.4. The molecule has 108 valence electrons. The third-order valence-corrected chi connectivity index (χ3v) is 5.72. The largest absolute Gasteiger partial charge is 0.459 e. The highest BCUT2D eigenvalue weighted by atomic mass is 16.6. The van der Waals surface area contributed by atoms with E-state index in [9.17, 15) is 9.90 Å². The molecule has 0 aromatic heterocycles. The molecule has 2 unspecified atom stereocenters. The summed E-state index contributed by atoms with van der Waals surface area (Å²) >= 11 is 0. The highest BCUT2D eigenvalue weighted by molar-refractivity contribution is 5.76. The van der Waals surface area contributed by atoms with Crippen LogP contribution in [0, 0.1) is 17.3 Å². The van der Waals surface area contributed by atoms with E-state index < -0.39 is 11.0 Å². The molecule has 0 spiro atoms. The topological polar surface area (TPSA) is 46.5 Å². The number of ether oxygens (including phenoxy) is 1. The summed E-state index contributed by atoms with van der Waals surface area (Å²) < 4.78 is 5.97. The SMILES string of the molecule is CCC(C)(C)C(=O)OC12CC3CC(CC(O)(C3)C1)C2. The summed E-state index contributed by atoms with van der Waals surface area (Å²) in [6.45, 7) is 5.92. The van der Waals surface area contributed by atoms with Gasteiger partial charge in [-0.05, 0) is 64.2 Å². The van der Waals surface area contributed by atoms with Crippen molar-refractivity contribution in [2.75, 3.05) is 0 Å². The van der Waals surface area contributed by atoms with Crippen LogP contribution in [0.4, 0.5) is 0 Å². The van der Waals surface area contributed by atoms with E-state index in [0.29, 0.717) is 18.3 Å². The first-order valence-electron chi connectivity index (χ1n) is 7.72. The molecule has 1 N–H and O–H groups in total. The Morgan fingerprint density at radius 2 is 1.84 bits per heavy atom. The monoisotopic (exact) mass is 266 g/mol. The Morgan fingerprint density at radius 3 is 2.32 bits per heavy atom. The Labute approximate surface area is 115 Å². The van der Waals surface area contributed by atoms with Gasteiger partial charge >= 0.3 is 5.97 Å². The highest BCUT2D eigenvalue weighted by Crippen LogP contribution is 2.59. The number of esters is 1. The van der Waals surface area contributed by atoms with Gasteiger partial charge in [0.2, 0.25) is 0 Å². The quantitative estimate of drug-likeness (QED) is 0.799. The van der Waals surface area contributed by atoms with Gasteiger partial charge in [-0.25, -0.2) is 0 Å². The second-order valence-electron chi connectivity index (χ2n) is 8.00. The Balaban J connectivity index is 1.79. The molecule has 0 aromatic carbocycles. The van der Waals surface area contributed by atoms with Gasteiger partial charge in [-0.2, -0.15) is 0 Å². The number of carbonyl (C=O) groups excluding carboxylic acids is 1. The predicted octanol–water partition coefficient (Wildman–Crippen LogP) is 3.05. The molecule has 0 radical (unpaired) electrons. The van der Waals surface area contributed by atoms with Crippen LogP contribution in [0.15, 0.2) is 0 Å². The van der Waals surface area contributed by atoms with Crippen LogP contribution in [-0.2, 0) is 9.53 Å². The van der Waals surface area contributed by atoms with Crippen molar-refractivity contribution in [1.29, 1.82) is 0 Å². The summed E-state index contributed by atoms with van der Waals surface area (Å²) in [7, 11) is 0. The van der Waals surface area contributed by atoms with Crippen molar-refractivity contribution in [1.82, 2.24) is 0 Å². The molecule has 0 aliphatic heterocycles. The summed E-state index contributed by atoms with van der Waals surface area (Å²) in [6.07, 6.45) is 6.45. The minimum Gasteiger partial charge on any atom is -0.459 e. The summed E-state index contributed by atoms with van der Waals surface area (Å²) in [5, 5.41) is 10.6. The van der Waals surface area contributed by atoms with Crippen molar-refractivity contribution in [3.63, 3.8) is 0 Å². The molecule has 0 saturated heterocycles. The van der Waals surface area contributed by atoms with E-state index in [0.717, 1.165) is 32.1 Å². The van der Waals surface area contributed by atoms with Crippen molar-refractivity contribution in [2.24, 2.45) is 17.3 Å². The van der Waals surface area contributed by atoms with E-state index in [1.807, 2.05) is 20.8 Å². The molecule has 4 bridgehead atoms. The van der Waals surface area contributed by atoms with Gasteiger partial charge in [-0.15, -0.1) is 0 Å². The first-order valence-corrected chi connectivity index (χ1v) is 7.72. The average Bonchev–Trinajstić information content (AvgIpc) is 2.24. The van der Waals surface area contributed by atoms with Crippen LogP contribution in [0.1, 0.15) is 65.7 Å². The van der Waals surface area contributed by atoms with Gasteiger partial charge in [0.15, 0.2) is 0 Å². The van der Waals surface area contributed by atoms with Crippen LogP contribution in [-0.4, -0.2) is 22.3 Å². The van der Waals surface area contributed by atoms with Crippen LogP contribution in [0.2, 0.25) is 0 Å². The predicted molar refractivity (Wildman–Crippen MR) is 72.5 cm³/mol. The first-order chi connectivity index (χ1) is 8.76. The number of hydrogen-bond donors (Lipinski definition) is 1. The highest BCUT2D eigenvalue weighted by Gasteiger charge is 2.59. The second kappa shape index (κ2) is 3.97. The van der Waals surface area contributed by atoms with Crippen molar-refractivity contribution in [3.05, 3.63) is 0 Å². The zero-order valence-corrected chi connectivity index (χ0v) is 12.4. The van der Waals surface area contributed by atoms with E-state index in [-0.39, 0.29) is 11.6 Å². The maximum absolute atomic E-state index is 12.4. The molecular weight excluding hydrogens is 240 g/mol. The second-order valence-corrected chi connectivity index (χ2v) is 8.00. The molecule has 3 heteroatoms. The van der Waals surface area contributed by atoms with Crippen LogP contribution in [0.5, 0.6) is 0 Å². The molecule has 2 atom stereocenters. The van der Waals surface area contributed by atoms with E-state index in [4.69, 9.17) is 4.74 Å². The van der Waals surface area contributed by atoms with Crippen LogP contribution < -0.4 is 0 Å². The molecule has 0 heterocycles. The molecule has 4 rings (SSSR count). The van der Waals surface area contributed by atoms with Gasteiger partial charge in [0, 0.05) is 6.42 Å². The summed E-state index contributed by atoms with van der Waals surface area (Å²) in [5.41, 5.74) is -1.32. The maximum Gasteiger partial charge on any atom is 0.312 e. The van der Waals surface area contributed by atoms with E-state index in [1.54, 1.807) is 0 Å². The van der Waals surface area contributed by atoms with Gasteiger partial charge in [-0.1, -0.05) is 6.92 Å². The minimum absolute atomic E-state index is 0.0828. The van der Waals surface area contributed by atoms with Gasteiger partial charge in [0.25, 0.3) is 0 Å². The Hall–Kier alpha value is -0.570. The number of rotatable bonds is 3. The van der Waals surface area contributed by atoms with Gasteiger partial charge in [-0.3, -0.25) is 4.79 Å². The van der Waals surface area contributed by atoms with E-state index in [1.165, 1.54) is 6.42 Å². The van der Waals surface area contributed by atoms with Crippen LogP contribution in [0.25, 0.3) is 0 Å². The third kappa shape index (κ3) is 2.20. The zero-order valence-electron chi connectivity index (χ0n) is 12.4. The van der Waals surface area contributed by atoms with Crippen molar-refractivity contribution in [3.8, 4) is 0 Å². The lowest BCUT2D eigenvalue weighted by Gasteiger charge is -2.59. The normalized spacial score (nSPS) is 44.4. The molecule has 3 nitrogen and oxygen atoms in total. The Bertz CT molecular complexity index is 385. The van der Waals surface area contributed by atoms with E-state index >= 15 is 0 Å². The Kier molecular flexibility index (Phi) is 2.80. The smallest absolute Gasteiger partial charge is 0.312 e. The lowest BCUT2D eigenvalue weighted by atomic mass is 9.52. The van der Waals surface area contributed by atoms with Crippen LogP contribution in [0.3, 0.4) is 0 Å². The first kappa shape index (κ1) is 13.4. The zero-order chi connectivity index (χ0) is 13.9. The molecule has 19 heavy (non-hydrogen) atoms. The lowest BCUT2D eigenvalue weighted by Crippen LogP contribution is -2.61. The fourth-order valence-corrected chi connectivity index (χ4v) is 4.73. The number of carbonyl (C=O) groups is 1. The molecule has 4 aliphatic carbocycles. The van der Waals surface area contributed by atoms with Crippen molar-refractivity contribution in [2.45, 2.75) is 76.9 Å². The fraction of sp³-hybridized carbons (Fsp3) is 0.938. The van der Waals surface area contributed by atoms with Gasteiger partial charge in [0.1, 0.15) is 5.60 Å². The Morgan fingerprint density at radius 1 is 1.26 bits per heavy atom. The summed E-state index contributed by atoms with van der Waals surface area (Å²) in [5.74, 6) is 1.04. The molecule has 4 fully saturated rings. The lowest BCUT2D eigenvalue weighted by molar-refractivity contribution is -0.225.